The van der Waals surface area contributed by atoms with Crippen LogP contribution in [0.5, 0.6) is 11.5 Å². The Morgan fingerprint density at radius 3 is 2.34 bits per heavy atom. The number of fused-ring (bicyclic) bond motifs is 1. The second-order valence-electron chi connectivity index (χ2n) is 7.01. The molecule has 148 valence electrons. The molecule has 0 atom stereocenters. The van der Waals surface area contributed by atoms with E-state index in [0.29, 0.717) is 17.1 Å². The largest absolute Gasteiger partial charge is 0.493 e. The van der Waals surface area contributed by atoms with Gasteiger partial charge in [-0.05, 0) is 60.0 Å². The molecule has 0 aromatic heterocycles. The van der Waals surface area contributed by atoms with E-state index in [2.05, 4.69) is 46.6 Å². The smallest absolute Gasteiger partial charge is 0.255 e. The van der Waals surface area contributed by atoms with Gasteiger partial charge in [-0.2, -0.15) is 0 Å². The van der Waals surface area contributed by atoms with Gasteiger partial charge in [0.25, 0.3) is 5.91 Å². The molecule has 1 aliphatic rings. The predicted molar refractivity (Wildman–Crippen MR) is 115 cm³/mol. The summed E-state index contributed by atoms with van der Waals surface area (Å²) in [5.41, 5.74) is 5.24. The number of rotatable bonds is 5. The predicted octanol–water partition coefficient (Wildman–Crippen LogP) is 4.52. The van der Waals surface area contributed by atoms with Crippen molar-refractivity contribution in [1.29, 1.82) is 0 Å². The SMILES string of the molecule is COc1ccc(C(=O)Nc2ccc(N3CCc4ccccc4C3)cc2)cc1OC. The average Bonchev–Trinajstić information content (AvgIpc) is 2.78. The van der Waals surface area contributed by atoms with Crippen molar-refractivity contribution in [2.75, 3.05) is 31.0 Å². The standard InChI is InChI=1S/C24H24N2O3/c1-28-22-12-7-18(15-23(22)29-2)24(27)25-20-8-10-21(11-9-20)26-14-13-17-5-3-4-6-19(17)16-26/h3-12,15H,13-14,16H2,1-2H3,(H,25,27). The Morgan fingerprint density at radius 2 is 1.62 bits per heavy atom. The lowest BCUT2D eigenvalue weighted by Gasteiger charge is -2.30. The normalized spacial score (nSPS) is 12.8. The van der Waals surface area contributed by atoms with Crippen LogP contribution in [0.25, 0.3) is 0 Å². The van der Waals surface area contributed by atoms with Gasteiger partial charge in [-0.15, -0.1) is 0 Å². The Morgan fingerprint density at radius 1 is 0.897 bits per heavy atom. The van der Waals surface area contributed by atoms with Crippen LogP contribution in [0.15, 0.2) is 66.7 Å². The molecule has 3 aromatic rings. The van der Waals surface area contributed by atoms with Crippen molar-refractivity contribution in [3.8, 4) is 11.5 Å². The van der Waals surface area contributed by atoms with Crippen LogP contribution in [0.4, 0.5) is 11.4 Å². The number of anilines is 2. The molecule has 29 heavy (non-hydrogen) atoms. The maximum atomic E-state index is 12.6. The number of benzene rings is 3. The average molecular weight is 388 g/mol. The molecular formula is C24H24N2O3. The highest BCUT2D eigenvalue weighted by Crippen LogP contribution is 2.28. The van der Waals surface area contributed by atoms with Crippen LogP contribution in [0, 0.1) is 0 Å². The third-order valence-electron chi connectivity index (χ3n) is 5.27. The van der Waals surface area contributed by atoms with Gasteiger partial charge in [0.05, 0.1) is 14.2 Å². The highest BCUT2D eigenvalue weighted by molar-refractivity contribution is 6.04. The third-order valence-corrected chi connectivity index (χ3v) is 5.27. The summed E-state index contributed by atoms with van der Waals surface area (Å²) in [6.45, 7) is 1.90. The van der Waals surface area contributed by atoms with E-state index in [0.717, 1.165) is 30.9 Å². The van der Waals surface area contributed by atoms with Crippen LogP contribution in [0.1, 0.15) is 21.5 Å². The number of nitrogens with zero attached hydrogens (tertiary/aromatic N) is 1. The van der Waals surface area contributed by atoms with E-state index in [9.17, 15) is 4.79 Å². The van der Waals surface area contributed by atoms with Gasteiger partial charge in [-0.3, -0.25) is 4.79 Å². The van der Waals surface area contributed by atoms with Gasteiger partial charge in [-0.1, -0.05) is 24.3 Å². The molecule has 1 N–H and O–H groups in total. The number of hydrogen-bond acceptors (Lipinski definition) is 4. The van der Waals surface area contributed by atoms with Gasteiger partial charge >= 0.3 is 0 Å². The summed E-state index contributed by atoms with van der Waals surface area (Å²) in [6.07, 6.45) is 1.05. The van der Waals surface area contributed by atoms with E-state index in [-0.39, 0.29) is 5.91 Å². The number of ether oxygens (including phenoxy) is 2. The monoisotopic (exact) mass is 388 g/mol. The zero-order valence-corrected chi connectivity index (χ0v) is 16.6. The molecule has 4 rings (SSSR count). The van der Waals surface area contributed by atoms with Crippen LogP contribution < -0.4 is 19.7 Å². The summed E-state index contributed by atoms with van der Waals surface area (Å²) in [5, 5.41) is 2.94. The molecule has 0 bridgehead atoms. The molecule has 0 saturated heterocycles. The number of carbonyl (C=O) groups is 1. The first-order valence-corrected chi connectivity index (χ1v) is 9.63. The summed E-state index contributed by atoms with van der Waals surface area (Å²) in [6, 6.07) is 21.7. The van der Waals surface area contributed by atoms with Crippen molar-refractivity contribution in [2.24, 2.45) is 0 Å². The molecule has 0 unspecified atom stereocenters. The molecule has 0 spiro atoms. The Hall–Kier alpha value is -3.47. The van der Waals surface area contributed by atoms with Gasteiger partial charge < -0.3 is 19.7 Å². The summed E-state index contributed by atoms with van der Waals surface area (Å²) in [7, 11) is 3.12. The number of nitrogens with one attached hydrogen (secondary N) is 1. The van der Waals surface area contributed by atoms with Gasteiger partial charge in [0.1, 0.15) is 0 Å². The molecule has 5 nitrogen and oxygen atoms in total. The minimum atomic E-state index is -0.189. The van der Waals surface area contributed by atoms with Crippen molar-refractivity contribution in [3.63, 3.8) is 0 Å². The molecular weight excluding hydrogens is 364 g/mol. The minimum absolute atomic E-state index is 0.189. The fraction of sp³-hybridized carbons (Fsp3) is 0.208. The van der Waals surface area contributed by atoms with Gasteiger partial charge in [-0.25, -0.2) is 0 Å². The van der Waals surface area contributed by atoms with Crippen molar-refractivity contribution in [1.82, 2.24) is 0 Å². The number of carbonyl (C=O) groups excluding carboxylic acids is 1. The van der Waals surface area contributed by atoms with E-state index >= 15 is 0 Å². The molecule has 0 radical (unpaired) electrons. The third kappa shape index (κ3) is 4.04. The molecule has 5 heteroatoms. The van der Waals surface area contributed by atoms with Gasteiger partial charge in [0.2, 0.25) is 0 Å². The Balaban J connectivity index is 1.44. The quantitative estimate of drug-likeness (QED) is 0.698. The molecule has 3 aromatic carbocycles. The second kappa shape index (κ2) is 8.27. The van der Waals surface area contributed by atoms with Crippen LogP contribution >= 0.6 is 0 Å². The zero-order chi connectivity index (χ0) is 20.2. The van der Waals surface area contributed by atoms with Crippen LogP contribution in [-0.2, 0) is 13.0 Å². The Kier molecular flexibility index (Phi) is 5.38. The number of hydrogen-bond donors (Lipinski definition) is 1. The molecule has 1 amide bonds. The Labute approximate surface area is 170 Å². The van der Waals surface area contributed by atoms with E-state index in [1.54, 1.807) is 32.4 Å². The molecule has 1 aliphatic heterocycles. The lowest BCUT2D eigenvalue weighted by atomic mass is 9.99. The Bertz CT molecular complexity index is 1010. The van der Waals surface area contributed by atoms with Crippen molar-refractivity contribution in [3.05, 3.63) is 83.4 Å². The lowest BCUT2D eigenvalue weighted by molar-refractivity contribution is 0.102. The van der Waals surface area contributed by atoms with Gasteiger partial charge in [0, 0.05) is 30.0 Å². The lowest BCUT2D eigenvalue weighted by Crippen LogP contribution is -2.30. The number of amides is 1. The summed E-state index contributed by atoms with van der Waals surface area (Å²) < 4.78 is 10.5. The van der Waals surface area contributed by atoms with Crippen molar-refractivity contribution in [2.45, 2.75) is 13.0 Å². The van der Waals surface area contributed by atoms with E-state index < -0.39 is 0 Å². The maximum absolute atomic E-state index is 12.6. The van der Waals surface area contributed by atoms with Crippen LogP contribution in [0.2, 0.25) is 0 Å². The summed E-state index contributed by atoms with van der Waals surface area (Å²) in [4.78, 5) is 15.0. The number of methoxy groups -OCH3 is 2. The zero-order valence-electron chi connectivity index (χ0n) is 16.6. The highest BCUT2D eigenvalue weighted by atomic mass is 16.5. The van der Waals surface area contributed by atoms with E-state index in [4.69, 9.17) is 9.47 Å². The highest BCUT2D eigenvalue weighted by Gasteiger charge is 2.16. The van der Waals surface area contributed by atoms with Crippen LogP contribution in [0.3, 0.4) is 0 Å². The van der Waals surface area contributed by atoms with Crippen molar-refractivity contribution >= 4 is 17.3 Å². The first-order chi connectivity index (χ1) is 14.2. The van der Waals surface area contributed by atoms with E-state index in [1.807, 2.05) is 12.1 Å². The summed E-state index contributed by atoms with van der Waals surface area (Å²) >= 11 is 0. The molecule has 0 saturated carbocycles. The fourth-order valence-electron chi connectivity index (χ4n) is 3.65. The van der Waals surface area contributed by atoms with Crippen LogP contribution in [-0.4, -0.2) is 26.7 Å². The first-order valence-electron chi connectivity index (χ1n) is 9.63. The molecule has 1 heterocycles. The topological polar surface area (TPSA) is 50.8 Å². The van der Waals surface area contributed by atoms with Crippen molar-refractivity contribution < 1.29 is 14.3 Å². The second-order valence-corrected chi connectivity index (χ2v) is 7.01. The summed E-state index contributed by atoms with van der Waals surface area (Å²) in [5.74, 6) is 0.933. The first kappa shape index (κ1) is 18.9. The van der Waals surface area contributed by atoms with E-state index in [1.165, 1.54) is 11.1 Å². The fourth-order valence-corrected chi connectivity index (χ4v) is 3.65. The molecule has 0 aliphatic carbocycles. The maximum Gasteiger partial charge on any atom is 0.255 e. The molecule has 0 fully saturated rings. The van der Waals surface area contributed by atoms with Gasteiger partial charge in [0.15, 0.2) is 11.5 Å². The minimum Gasteiger partial charge on any atom is -0.493 e.